The Bertz CT molecular complexity index is 1160. The van der Waals surface area contributed by atoms with Crippen LogP contribution in [0.3, 0.4) is 0 Å². The Labute approximate surface area is 220 Å². The quantitative estimate of drug-likeness (QED) is 0.185. The maximum absolute atomic E-state index is 13.1. The molecule has 208 valence electrons. The third-order valence-electron chi connectivity index (χ3n) is 6.21. The van der Waals surface area contributed by atoms with Gasteiger partial charge in [-0.2, -0.15) is 0 Å². The summed E-state index contributed by atoms with van der Waals surface area (Å²) in [5.74, 6) is -5.40. The van der Waals surface area contributed by atoms with Gasteiger partial charge in [-0.05, 0) is 36.3 Å². The number of para-hydroxylation sites is 1. The molecule has 1 aromatic heterocycles. The number of aliphatic carboxylic acids is 2. The number of nitrogens with two attached hydrogens (primary N) is 1. The number of rotatable bonds is 14. The highest BCUT2D eigenvalue weighted by molar-refractivity contribution is 5.94. The van der Waals surface area contributed by atoms with Crippen LogP contribution in [0.25, 0.3) is 10.9 Å². The molecule has 12 nitrogen and oxygen atoms in total. The molecule has 4 unspecified atom stereocenters. The van der Waals surface area contributed by atoms with Crippen LogP contribution in [0.2, 0.25) is 0 Å². The van der Waals surface area contributed by atoms with Crippen molar-refractivity contribution in [1.29, 1.82) is 0 Å². The smallest absolute Gasteiger partial charge is 0.326 e. The average molecular weight is 532 g/mol. The van der Waals surface area contributed by atoms with Crippen LogP contribution in [0.15, 0.2) is 30.5 Å². The summed E-state index contributed by atoms with van der Waals surface area (Å²) in [4.78, 5) is 64.6. The van der Waals surface area contributed by atoms with Crippen molar-refractivity contribution in [2.45, 2.75) is 71.1 Å². The number of amides is 3. The van der Waals surface area contributed by atoms with Gasteiger partial charge in [0.15, 0.2) is 0 Å². The highest BCUT2D eigenvalue weighted by Gasteiger charge is 2.32. The van der Waals surface area contributed by atoms with Crippen molar-refractivity contribution < 1.29 is 34.2 Å². The van der Waals surface area contributed by atoms with E-state index < -0.39 is 72.1 Å². The number of nitrogens with one attached hydrogen (secondary N) is 4. The normalized spacial score (nSPS) is 14.5. The zero-order valence-corrected chi connectivity index (χ0v) is 22.0. The molecule has 0 aliphatic rings. The van der Waals surface area contributed by atoms with Gasteiger partial charge >= 0.3 is 11.9 Å². The first-order valence-electron chi connectivity index (χ1n) is 12.5. The summed E-state index contributed by atoms with van der Waals surface area (Å²) < 4.78 is 0. The minimum Gasteiger partial charge on any atom is -0.481 e. The van der Waals surface area contributed by atoms with Crippen molar-refractivity contribution in [3.05, 3.63) is 36.0 Å². The second-order valence-electron chi connectivity index (χ2n) is 9.96. The SMILES string of the molecule is CC(C)C(NC(=O)C(CCC(=O)O)NC(=O)C(NC(=O)C(N)Cc1c[nH]c2ccccc12)C(C)C)C(=O)O. The fourth-order valence-corrected chi connectivity index (χ4v) is 3.99. The van der Waals surface area contributed by atoms with Gasteiger partial charge in [0, 0.05) is 23.5 Å². The maximum Gasteiger partial charge on any atom is 0.326 e. The second-order valence-corrected chi connectivity index (χ2v) is 9.96. The third-order valence-corrected chi connectivity index (χ3v) is 6.21. The monoisotopic (exact) mass is 531 g/mol. The molecule has 1 heterocycles. The minimum atomic E-state index is -1.32. The molecule has 0 fully saturated rings. The van der Waals surface area contributed by atoms with Gasteiger partial charge in [0.05, 0.1) is 6.04 Å². The first-order valence-corrected chi connectivity index (χ1v) is 12.5. The minimum absolute atomic E-state index is 0.220. The number of hydrogen-bond donors (Lipinski definition) is 7. The maximum atomic E-state index is 13.1. The molecule has 0 spiro atoms. The molecule has 1 aromatic carbocycles. The summed E-state index contributed by atoms with van der Waals surface area (Å²) in [6, 6.07) is 2.99. The van der Waals surface area contributed by atoms with Crippen LogP contribution < -0.4 is 21.7 Å². The summed E-state index contributed by atoms with van der Waals surface area (Å²) in [5, 5.41) is 26.9. The van der Waals surface area contributed by atoms with Crippen molar-refractivity contribution in [3.8, 4) is 0 Å². The molecule has 0 aliphatic carbocycles. The number of aromatic nitrogens is 1. The van der Waals surface area contributed by atoms with Gasteiger partial charge in [-0.3, -0.25) is 19.2 Å². The lowest BCUT2D eigenvalue weighted by Crippen LogP contribution is -2.59. The Balaban J connectivity index is 2.12. The van der Waals surface area contributed by atoms with Crippen LogP contribution in [-0.2, 0) is 30.4 Å². The number of carboxylic acids is 2. The number of carbonyl (C=O) groups excluding carboxylic acids is 3. The van der Waals surface area contributed by atoms with E-state index in [9.17, 15) is 29.1 Å². The van der Waals surface area contributed by atoms with Gasteiger partial charge < -0.3 is 36.9 Å². The van der Waals surface area contributed by atoms with Crippen LogP contribution in [0.5, 0.6) is 0 Å². The molecule has 2 aromatic rings. The molecule has 0 saturated carbocycles. The van der Waals surface area contributed by atoms with E-state index in [0.717, 1.165) is 16.5 Å². The lowest BCUT2D eigenvalue weighted by atomic mass is 10.00. The van der Waals surface area contributed by atoms with Crippen LogP contribution in [0.4, 0.5) is 0 Å². The summed E-state index contributed by atoms with van der Waals surface area (Å²) >= 11 is 0. The first kappa shape index (κ1) is 30.3. The summed E-state index contributed by atoms with van der Waals surface area (Å²) in [5.41, 5.74) is 7.90. The molecular formula is C26H37N5O7. The van der Waals surface area contributed by atoms with Crippen LogP contribution in [0, 0.1) is 11.8 Å². The van der Waals surface area contributed by atoms with Crippen molar-refractivity contribution in [2.24, 2.45) is 17.6 Å². The number of benzene rings is 1. The average Bonchev–Trinajstić information content (AvgIpc) is 3.24. The van der Waals surface area contributed by atoms with Gasteiger partial charge in [-0.15, -0.1) is 0 Å². The van der Waals surface area contributed by atoms with Gasteiger partial charge in [0.25, 0.3) is 0 Å². The topological polar surface area (TPSA) is 204 Å². The van der Waals surface area contributed by atoms with Crippen LogP contribution >= 0.6 is 0 Å². The molecule has 38 heavy (non-hydrogen) atoms. The van der Waals surface area contributed by atoms with Crippen molar-refractivity contribution in [1.82, 2.24) is 20.9 Å². The lowest BCUT2D eigenvalue weighted by molar-refractivity contribution is -0.144. The van der Waals surface area contributed by atoms with Gasteiger partial charge in [-0.1, -0.05) is 45.9 Å². The highest BCUT2D eigenvalue weighted by atomic mass is 16.4. The number of fused-ring (bicyclic) bond motifs is 1. The first-order chi connectivity index (χ1) is 17.8. The van der Waals surface area contributed by atoms with E-state index in [-0.39, 0.29) is 12.8 Å². The predicted molar refractivity (Wildman–Crippen MR) is 140 cm³/mol. The Morgan fingerprint density at radius 2 is 1.47 bits per heavy atom. The third kappa shape index (κ3) is 8.30. The number of carbonyl (C=O) groups is 5. The molecule has 0 bridgehead atoms. The zero-order chi connectivity index (χ0) is 28.6. The zero-order valence-electron chi connectivity index (χ0n) is 22.0. The van der Waals surface area contributed by atoms with Gasteiger partial charge in [-0.25, -0.2) is 4.79 Å². The fraction of sp³-hybridized carbons (Fsp3) is 0.500. The van der Waals surface area contributed by atoms with Gasteiger partial charge in [0.1, 0.15) is 18.1 Å². The van der Waals surface area contributed by atoms with E-state index in [1.165, 1.54) is 0 Å². The Kier molecular flexibility index (Phi) is 10.8. The molecule has 12 heteroatoms. The number of hydrogen-bond acceptors (Lipinski definition) is 6. The van der Waals surface area contributed by atoms with E-state index in [1.54, 1.807) is 33.9 Å². The Hall–Kier alpha value is -3.93. The summed E-state index contributed by atoms with van der Waals surface area (Å²) in [6.07, 6.45) is 1.29. The molecule has 8 N–H and O–H groups in total. The number of carboxylic acid groups (broad SMARTS) is 2. The highest BCUT2D eigenvalue weighted by Crippen LogP contribution is 2.19. The van der Waals surface area contributed by atoms with Crippen LogP contribution in [-0.4, -0.2) is 69.0 Å². The van der Waals surface area contributed by atoms with Crippen molar-refractivity contribution in [3.63, 3.8) is 0 Å². The summed E-state index contributed by atoms with van der Waals surface area (Å²) in [6.45, 7) is 6.60. The lowest BCUT2D eigenvalue weighted by Gasteiger charge is -2.27. The molecule has 0 aliphatic heterocycles. The Morgan fingerprint density at radius 1 is 0.868 bits per heavy atom. The molecular weight excluding hydrogens is 494 g/mol. The number of aromatic amines is 1. The second kappa shape index (κ2) is 13.6. The van der Waals surface area contributed by atoms with E-state index in [4.69, 9.17) is 10.8 Å². The Morgan fingerprint density at radius 3 is 2.05 bits per heavy atom. The van der Waals surface area contributed by atoms with Crippen molar-refractivity contribution in [2.75, 3.05) is 0 Å². The molecule has 0 radical (unpaired) electrons. The molecule has 2 rings (SSSR count). The molecule has 0 saturated heterocycles. The predicted octanol–water partition coefficient (Wildman–Crippen LogP) is 0.754. The van der Waals surface area contributed by atoms with Gasteiger partial charge in [0.2, 0.25) is 17.7 Å². The molecule has 4 atom stereocenters. The van der Waals surface area contributed by atoms with E-state index in [0.29, 0.717) is 0 Å². The van der Waals surface area contributed by atoms with Crippen molar-refractivity contribution >= 4 is 40.6 Å². The van der Waals surface area contributed by atoms with E-state index in [2.05, 4.69) is 20.9 Å². The van der Waals surface area contributed by atoms with Crippen LogP contribution in [0.1, 0.15) is 46.1 Å². The number of H-pyrrole nitrogens is 1. The standard InChI is InChI=1S/C26H37N5O7/c1-13(2)21(30-23(34)17(27)11-15-12-28-18-8-6-5-7-16(15)18)25(36)29-19(9-10-20(32)33)24(35)31-22(14(3)4)26(37)38/h5-8,12-14,17,19,21-22,28H,9-11,27H2,1-4H3,(H,29,36)(H,30,34)(H,31,35)(H,32,33)(H,37,38). The van der Waals surface area contributed by atoms with E-state index in [1.807, 2.05) is 24.3 Å². The fourth-order valence-electron chi connectivity index (χ4n) is 3.99. The molecule has 3 amide bonds. The van der Waals surface area contributed by atoms with E-state index >= 15 is 0 Å². The largest absolute Gasteiger partial charge is 0.481 e. The summed E-state index contributed by atoms with van der Waals surface area (Å²) in [7, 11) is 0.